The van der Waals surface area contributed by atoms with Crippen LogP contribution in [0.2, 0.25) is 0 Å². The molecule has 2 fully saturated rings. The number of hydrogen-bond donors (Lipinski definition) is 2. The third-order valence-corrected chi connectivity index (χ3v) is 5.44. The number of para-hydroxylation sites is 1. The Morgan fingerprint density at radius 2 is 2.07 bits per heavy atom. The van der Waals surface area contributed by atoms with Crippen molar-refractivity contribution in [3.63, 3.8) is 0 Å². The molecule has 0 radical (unpaired) electrons. The van der Waals surface area contributed by atoms with Crippen molar-refractivity contribution in [1.29, 1.82) is 0 Å². The van der Waals surface area contributed by atoms with Gasteiger partial charge in [0.2, 0.25) is 0 Å². The molecule has 28 heavy (non-hydrogen) atoms. The van der Waals surface area contributed by atoms with Crippen LogP contribution in [0.3, 0.4) is 0 Å². The SMILES string of the molecule is Cl.O=C(NC1CCCN(c2ccccc2F)C1)c1ccn(C2CCCNC2)n1. The van der Waals surface area contributed by atoms with Crippen LogP contribution in [-0.2, 0) is 0 Å². The molecule has 0 bridgehead atoms. The highest BCUT2D eigenvalue weighted by atomic mass is 35.5. The highest BCUT2D eigenvalue weighted by molar-refractivity contribution is 5.92. The average molecular weight is 408 g/mol. The lowest BCUT2D eigenvalue weighted by Gasteiger charge is -2.34. The maximum Gasteiger partial charge on any atom is 0.272 e. The van der Waals surface area contributed by atoms with Gasteiger partial charge in [0.1, 0.15) is 11.5 Å². The van der Waals surface area contributed by atoms with Crippen LogP contribution >= 0.6 is 12.4 Å². The predicted molar refractivity (Wildman–Crippen MR) is 110 cm³/mol. The molecule has 0 aliphatic carbocycles. The summed E-state index contributed by atoms with van der Waals surface area (Å²) in [5.74, 6) is -0.373. The third-order valence-electron chi connectivity index (χ3n) is 5.44. The molecule has 2 N–H and O–H groups in total. The molecule has 2 aliphatic heterocycles. The van der Waals surface area contributed by atoms with Gasteiger partial charge in [-0.1, -0.05) is 12.1 Å². The van der Waals surface area contributed by atoms with Gasteiger partial charge in [-0.2, -0.15) is 5.10 Å². The van der Waals surface area contributed by atoms with E-state index in [2.05, 4.69) is 15.7 Å². The van der Waals surface area contributed by atoms with Gasteiger partial charge < -0.3 is 15.5 Å². The molecular weight excluding hydrogens is 381 g/mol. The van der Waals surface area contributed by atoms with Crippen molar-refractivity contribution in [2.45, 2.75) is 37.8 Å². The molecule has 0 spiro atoms. The molecule has 4 rings (SSSR count). The Labute approximate surface area is 170 Å². The molecule has 6 nitrogen and oxygen atoms in total. The molecule has 2 aliphatic rings. The van der Waals surface area contributed by atoms with E-state index in [0.29, 0.717) is 24.0 Å². The number of anilines is 1. The predicted octanol–water partition coefficient (Wildman–Crippen LogP) is 2.77. The number of nitrogens with zero attached hydrogens (tertiary/aromatic N) is 3. The first-order valence-corrected chi connectivity index (χ1v) is 9.77. The van der Waals surface area contributed by atoms with E-state index in [9.17, 15) is 9.18 Å². The summed E-state index contributed by atoms with van der Waals surface area (Å²) in [6, 6.07) is 8.89. The molecule has 1 aromatic heterocycles. The molecule has 152 valence electrons. The Morgan fingerprint density at radius 1 is 1.21 bits per heavy atom. The molecule has 8 heteroatoms. The van der Waals surface area contributed by atoms with Crippen molar-refractivity contribution in [2.75, 3.05) is 31.1 Å². The van der Waals surface area contributed by atoms with Crippen molar-refractivity contribution in [1.82, 2.24) is 20.4 Å². The number of aromatic nitrogens is 2. The largest absolute Gasteiger partial charge is 0.367 e. The van der Waals surface area contributed by atoms with Gasteiger partial charge in [-0.15, -0.1) is 12.4 Å². The lowest BCUT2D eigenvalue weighted by atomic mass is 10.0. The zero-order chi connectivity index (χ0) is 18.6. The minimum absolute atomic E-state index is 0. The van der Waals surface area contributed by atoms with Gasteiger partial charge in [0.05, 0.1) is 11.7 Å². The highest BCUT2D eigenvalue weighted by Crippen LogP contribution is 2.23. The number of benzene rings is 1. The van der Waals surface area contributed by atoms with E-state index < -0.39 is 0 Å². The zero-order valence-corrected chi connectivity index (χ0v) is 16.6. The quantitative estimate of drug-likeness (QED) is 0.818. The number of carbonyl (C=O) groups is 1. The van der Waals surface area contributed by atoms with E-state index in [0.717, 1.165) is 45.3 Å². The van der Waals surface area contributed by atoms with E-state index >= 15 is 0 Å². The summed E-state index contributed by atoms with van der Waals surface area (Å²) in [6.07, 6.45) is 5.90. The number of amides is 1. The van der Waals surface area contributed by atoms with Crippen molar-refractivity contribution in [2.24, 2.45) is 0 Å². The minimum Gasteiger partial charge on any atom is -0.367 e. The fourth-order valence-corrected chi connectivity index (χ4v) is 4.00. The molecule has 2 aromatic rings. The van der Waals surface area contributed by atoms with E-state index in [-0.39, 0.29) is 30.2 Å². The van der Waals surface area contributed by atoms with Crippen LogP contribution in [0, 0.1) is 5.82 Å². The molecule has 1 amide bonds. The van der Waals surface area contributed by atoms with Crippen LogP contribution in [-0.4, -0.2) is 47.9 Å². The monoisotopic (exact) mass is 407 g/mol. The lowest BCUT2D eigenvalue weighted by Crippen LogP contribution is -2.48. The topological polar surface area (TPSA) is 62.2 Å². The van der Waals surface area contributed by atoms with Crippen molar-refractivity contribution >= 4 is 24.0 Å². The fourth-order valence-electron chi connectivity index (χ4n) is 4.00. The van der Waals surface area contributed by atoms with Crippen molar-refractivity contribution in [3.8, 4) is 0 Å². The summed E-state index contributed by atoms with van der Waals surface area (Å²) >= 11 is 0. The molecule has 2 unspecified atom stereocenters. The number of carbonyl (C=O) groups excluding carboxylic acids is 1. The normalized spacial score (nSPS) is 22.4. The Balaban J connectivity index is 0.00000225. The van der Waals surface area contributed by atoms with E-state index in [1.165, 1.54) is 6.07 Å². The molecule has 3 heterocycles. The Kier molecular flexibility index (Phi) is 6.91. The second kappa shape index (κ2) is 9.39. The molecule has 0 saturated carbocycles. The number of hydrogen-bond acceptors (Lipinski definition) is 4. The molecular formula is C20H27ClFN5O. The van der Waals surface area contributed by atoms with Gasteiger partial charge in [-0.05, 0) is 50.4 Å². The van der Waals surface area contributed by atoms with E-state index in [1.807, 2.05) is 21.8 Å². The van der Waals surface area contributed by atoms with Crippen LogP contribution < -0.4 is 15.5 Å². The maximum absolute atomic E-state index is 14.1. The van der Waals surface area contributed by atoms with Gasteiger partial charge in [0, 0.05) is 31.9 Å². The average Bonchev–Trinajstić information content (AvgIpc) is 3.20. The standard InChI is InChI=1S/C20H26FN5O.ClH/c21-17-7-1-2-8-19(17)25-11-4-5-15(14-25)23-20(27)18-9-12-26(24-18)16-6-3-10-22-13-16;/h1-2,7-9,12,15-16,22H,3-6,10-11,13-14H2,(H,23,27);1H. The third kappa shape index (κ3) is 4.64. The van der Waals surface area contributed by atoms with Crippen LogP contribution in [0.4, 0.5) is 10.1 Å². The molecule has 2 atom stereocenters. The Morgan fingerprint density at radius 3 is 2.86 bits per heavy atom. The summed E-state index contributed by atoms with van der Waals surface area (Å²) < 4.78 is 16.0. The Bertz CT molecular complexity index is 792. The van der Waals surface area contributed by atoms with Crippen LogP contribution in [0.25, 0.3) is 0 Å². The summed E-state index contributed by atoms with van der Waals surface area (Å²) in [7, 11) is 0. The summed E-state index contributed by atoms with van der Waals surface area (Å²) in [5.41, 5.74) is 1.05. The van der Waals surface area contributed by atoms with Crippen molar-refractivity contribution in [3.05, 3.63) is 48.0 Å². The first-order chi connectivity index (χ1) is 13.2. The summed E-state index contributed by atoms with van der Waals surface area (Å²) in [4.78, 5) is 14.6. The van der Waals surface area contributed by atoms with Crippen LogP contribution in [0.5, 0.6) is 0 Å². The summed E-state index contributed by atoms with van der Waals surface area (Å²) in [6.45, 7) is 3.35. The molecule has 1 aromatic carbocycles. The van der Waals surface area contributed by atoms with Gasteiger partial charge in [0.25, 0.3) is 5.91 Å². The number of nitrogens with one attached hydrogen (secondary N) is 2. The second-order valence-corrected chi connectivity index (χ2v) is 7.39. The maximum atomic E-state index is 14.1. The number of piperidine rings is 2. The zero-order valence-electron chi connectivity index (χ0n) is 15.8. The van der Waals surface area contributed by atoms with Gasteiger partial charge >= 0.3 is 0 Å². The number of rotatable bonds is 4. The van der Waals surface area contributed by atoms with Gasteiger partial charge in [0.15, 0.2) is 0 Å². The van der Waals surface area contributed by atoms with E-state index in [1.54, 1.807) is 18.2 Å². The van der Waals surface area contributed by atoms with E-state index in [4.69, 9.17) is 0 Å². The van der Waals surface area contributed by atoms with Crippen molar-refractivity contribution < 1.29 is 9.18 Å². The first kappa shape index (κ1) is 20.6. The van der Waals surface area contributed by atoms with Crippen LogP contribution in [0.1, 0.15) is 42.2 Å². The van der Waals surface area contributed by atoms with Crippen LogP contribution in [0.15, 0.2) is 36.5 Å². The number of halogens is 2. The van der Waals surface area contributed by atoms with Gasteiger partial charge in [-0.3, -0.25) is 9.48 Å². The lowest BCUT2D eigenvalue weighted by molar-refractivity contribution is 0.0926. The second-order valence-electron chi connectivity index (χ2n) is 7.39. The van der Waals surface area contributed by atoms with Gasteiger partial charge in [-0.25, -0.2) is 4.39 Å². The fraction of sp³-hybridized carbons (Fsp3) is 0.500. The first-order valence-electron chi connectivity index (χ1n) is 9.77. The smallest absolute Gasteiger partial charge is 0.272 e. The molecule has 2 saturated heterocycles. The summed E-state index contributed by atoms with van der Waals surface area (Å²) in [5, 5.41) is 10.9. The minimum atomic E-state index is -0.218. The highest BCUT2D eigenvalue weighted by Gasteiger charge is 2.25. The Hall–Kier alpha value is -2.12.